The van der Waals surface area contributed by atoms with Crippen molar-refractivity contribution in [2.45, 2.75) is 4.90 Å². The third-order valence-electron chi connectivity index (χ3n) is 1.92. The molecule has 0 amide bonds. The molecule has 18 heavy (non-hydrogen) atoms. The molecule has 2 heterocycles. The van der Waals surface area contributed by atoms with Gasteiger partial charge in [-0.15, -0.1) is 0 Å². The second kappa shape index (κ2) is 4.92. The van der Waals surface area contributed by atoms with Crippen LogP contribution in [0.4, 0.5) is 11.6 Å². The zero-order valence-electron chi connectivity index (χ0n) is 8.79. The Bertz CT molecular complexity index is 643. The van der Waals surface area contributed by atoms with Crippen LogP contribution in [0, 0.1) is 0 Å². The van der Waals surface area contributed by atoms with Crippen molar-refractivity contribution in [2.24, 2.45) is 5.84 Å². The monoisotopic (exact) mass is 333 g/mol. The molecule has 4 N–H and O–H groups in total. The number of sulfonamides is 1. The largest absolute Gasteiger partial charge is 0.363 e. The third kappa shape index (κ3) is 2.60. The van der Waals surface area contributed by atoms with Gasteiger partial charge >= 0.3 is 0 Å². The first-order valence-corrected chi connectivity index (χ1v) is 6.86. The fraction of sp³-hybridized carbons (Fsp3) is 0. The highest BCUT2D eigenvalue weighted by molar-refractivity contribution is 9.10. The molecule has 96 valence electrons. The highest BCUT2D eigenvalue weighted by Crippen LogP contribution is 2.23. The molecule has 0 saturated carbocycles. The van der Waals surface area contributed by atoms with E-state index in [1.165, 1.54) is 24.6 Å². The molecule has 0 aliphatic rings. The summed E-state index contributed by atoms with van der Waals surface area (Å²) in [6.07, 6.45) is 2.67. The Balaban J connectivity index is 2.43. The van der Waals surface area contributed by atoms with E-state index in [1.54, 1.807) is 0 Å². The van der Waals surface area contributed by atoms with Crippen LogP contribution in [0.1, 0.15) is 0 Å². The number of anilines is 2. The van der Waals surface area contributed by atoms with Gasteiger partial charge in [-0.3, -0.25) is 4.72 Å². The van der Waals surface area contributed by atoms with E-state index < -0.39 is 10.0 Å². The summed E-state index contributed by atoms with van der Waals surface area (Å²) in [5, 5.41) is 3.46. The second-order valence-corrected chi connectivity index (χ2v) is 5.70. The van der Waals surface area contributed by atoms with E-state index in [9.17, 15) is 8.42 Å². The summed E-state index contributed by atoms with van der Waals surface area (Å²) in [7, 11) is -3.86. The van der Waals surface area contributed by atoms with Gasteiger partial charge in [0, 0.05) is 16.7 Å². The lowest BCUT2D eigenvalue weighted by atomic mass is 10.5. The quantitative estimate of drug-likeness (QED) is 0.561. The predicted octanol–water partition coefficient (Wildman–Crippen LogP) is 0.918. The van der Waals surface area contributed by atoms with Gasteiger partial charge in [-0.25, -0.2) is 19.2 Å². The van der Waals surface area contributed by atoms with Crippen LogP contribution >= 0.6 is 15.9 Å². The normalized spacial score (nSPS) is 11.2. The first-order valence-electron chi connectivity index (χ1n) is 4.58. The Kier molecular flexibility index (Phi) is 3.50. The van der Waals surface area contributed by atoms with Crippen molar-refractivity contribution in [3.05, 3.63) is 29.1 Å². The summed E-state index contributed by atoms with van der Waals surface area (Å²) < 4.78 is 31.4. The maximum Gasteiger partial charge on any atom is 0.266 e. The minimum Gasteiger partial charge on any atom is -0.363 e. The summed E-state index contributed by atoms with van der Waals surface area (Å²) in [4.78, 5) is 3.74. The predicted molar refractivity (Wildman–Crippen MR) is 67.1 cm³/mol. The van der Waals surface area contributed by atoms with Gasteiger partial charge in [-0.1, -0.05) is 5.16 Å². The Morgan fingerprint density at radius 3 is 2.83 bits per heavy atom. The molecule has 0 aromatic carbocycles. The van der Waals surface area contributed by atoms with E-state index in [4.69, 9.17) is 5.84 Å². The van der Waals surface area contributed by atoms with Crippen molar-refractivity contribution >= 4 is 37.6 Å². The molecule has 0 bridgehead atoms. The molecule has 0 atom stereocenters. The van der Waals surface area contributed by atoms with Crippen LogP contribution in [0.5, 0.6) is 0 Å². The van der Waals surface area contributed by atoms with E-state index in [0.29, 0.717) is 4.47 Å². The number of nitrogens with two attached hydrogens (primary N) is 1. The molecule has 0 aliphatic carbocycles. The molecule has 0 radical (unpaired) electrons. The number of rotatable bonds is 4. The van der Waals surface area contributed by atoms with Crippen LogP contribution in [0.2, 0.25) is 0 Å². The minimum atomic E-state index is -3.86. The Labute approximate surface area is 111 Å². The molecule has 2 aromatic heterocycles. The molecule has 0 unspecified atom stereocenters. The van der Waals surface area contributed by atoms with E-state index in [2.05, 4.69) is 40.7 Å². The molecule has 0 spiro atoms. The van der Waals surface area contributed by atoms with E-state index in [0.717, 1.165) is 0 Å². The summed E-state index contributed by atoms with van der Waals surface area (Å²) in [6.45, 7) is 0. The Morgan fingerprint density at radius 2 is 2.22 bits per heavy atom. The van der Waals surface area contributed by atoms with E-state index in [-0.39, 0.29) is 16.5 Å². The fourth-order valence-corrected chi connectivity index (χ4v) is 2.81. The van der Waals surface area contributed by atoms with Crippen molar-refractivity contribution < 1.29 is 12.9 Å². The van der Waals surface area contributed by atoms with Gasteiger partial charge in [0.05, 0.1) is 0 Å². The van der Waals surface area contributed by atoms with Crippen LogP contribution in [0.25, 0.3) is 0 Å². The topological polar surface area (TPSA) is 123 Å². The molecular formula is C8H8BrN5O3S. The number of nitrogen functional groups attached to an aromatic ring is 1. The number of nitrogens with one attached hydrogen (secondary N) is 2. The van der Waals surface area contributed by atoms with Crippen LogP contribution < -0.4 is 16.0 Å². The van der Waals surface area contributed by atoms with E-state index >= 15 is 0 Å². The smallest absolute Gasteiger partial charge is 0.266 e. The van der Waals surface area contributed by atoms with Crippen molar-refractivity contribution in [1.29, 1.82) is 0 Å². The lowest BCUT2D eigenvalue weighted by molar-refractivity contribution is 0.423. The van der Waals surface area contributed by atoms with Crippen LogP contribution in [0.3, 0.4) is 0 Å². The minimum absolute atomic E-state index is 0.0224. The number of hydrogen-bond donors (Lipinski definition) is 3. The molecule has 0 saturated heterocycles. The zero-order valence-corrected chi connectivity index (χ0v) is 11.2. The van der Waals surface area contributed by atoms with Gasteiger partial charge in [0.1, 0.15) is 11.2 Å². The first kappa shape index (κ1) is 12.8. The molecule has 2 aromatic rings. The molecule has 0 fully saturated rings. The van der Waals surface area contributed by atoms with Crippen molar-refractivity contribution in [2.75, 3.05) is 10.1 Å². The molecule has 0 aliphatic heterocycles. The number of aromatic nitrogens is 2. The summed E-state index contributed by atoms with van der Waals surface area (Å²) >= 11 is 3.14. The molecule has 10 heteroatoms. The highest BCUT2D eigenvalue weighted by Gasteiger charge is 2.21. The van der Waals surface area contributed by atoms with Crippen molar-refractivity contribution in [3.63, 3.8) is 0 Å². The van der Waals surface area contributed by atoms with Crippen molar-refractivity contribution in [1.82, 2.24) is 10.1 Å². The lowest BCUT2D eigenvalue weighted by Crippen LogP contribution is -2.18. The maximum absolute atomic E-state index is 12.1. The van der Waals surface area contributed by atoms with E-state index in [1.807, 2.05) is 0 Å². The SMILES string of the molecule is NNc1ncc(Br)cc1S(=O)(=O)Nc1ccon1. The number of nitrogens with zero attached hydrogens (tertiary/aromatic N) is 2. The highest BCUT2D eigenvalue weighted by atomic mass is 79.9. The van der Waals surface area contributed by atoms with Crippen LogP contribution in [-0.4, -0.2) is 18.6 Å². The van der Waals surface area contributed by atoms with Crippen molar-refractivity contribution in [3.8, 4) is 0 Å². The van der Waals surface area contributed by atoms with Gasteiger partial charge in [0.25, 0.3) is 10.0 Å². The second-order valence-electron chi connectivity index (χ2n) is 3.13. The van der Waals surface area contributed by atoms with Gasteiger partial charge in [-0.05, 0) is 22.0 Å². The Hall–Kier alpha value is -1.65. The molecule has 8 nitrogen and oxygen atoms in total. The number of halogens is 1. The fourth-order valence-electron chi connectivity index (χ4n) is 1.19. The maximum atomic E-state index is 12.1. The summed E-state index contributed by atoms with van der Waals surface area (Å²) in [5.41, 5.74) is 2.21. The number of pyridine rings is 1. The average molecular weight is 334 g/mol. The first-order chi connectivity index (χ1) is 8.53. The van der Waals surface area contributed by atoms with Crippen LogP contribution in [0.15, 0.2) is 38.5 Å². The third-order valence-corrected chi connectivity index (χ3v) is 3.72. The van der Waals surface area contributed by atoms with Gasteiger partial charge in [0.15, 0.2) is 11.6 Å². The molecular weight excluding hydrogens is 326 g/mol. The van der Waals surface area contributed by atoms with Gasteiger partial charge < -0.3 is 9.95 Å². The Morgan fingerprint density at radius 1 is 1.44 bits per heavy atom. The van der Waals surface area contributed by atoms with Gasteiger partial charge in [-0.2, -0.15) is 0 Å². The average Bonchev–Trinajstić information content (AvgIpc) is 2.81. The van der Waals surface area contributed by atoms with Crippen LogP contribution in [-0.2, 0) is 10.0 Å². The number of hydrogen-bond acceptors (Lipinski definition) is 7. The lowest BCUT2D eigenvalue weighted by Gasteiger charge is -2.09. The summed E-state index contributed by atoms with van der Waals surface area (Å²) in [6, 6.07) is 2.74. The summed E-state index contributed by atoms with van der Waals surface area (Å²) in [5.74, 6) is 5.31. The zero-order chi connectivity index (χ0) is 13.2. The van der Waals surface area contributed by atoms with Gasteiger partial charge in [0.2, 0.25) is 0 Å². The molecule has 2 rings (SSSR count). The standard InChI is InChI=1S/C8H8BrN5O3S/c9-5-3-6(8(12-10)11-4-5)18(15,16)14-7-1-2-17-13-7/h1-4H,10H2,(H,11,12)(H,13,14). The number of hydrazine groups is 1.